The summed E-state index contributed by atoms with van der Waals surface area (Å²) in [6.45, 7) is 1.99. The van der Waals surface area contributed by atoms with Crippen molar-refractivity contribution in [3.8, 4) is 28.4 Å². The molecule has 254 valence electrons. The van der Waals surface area contributed by atoms with Crippen LogP contribution in [-0.2, 0) is 31.4 Å². The fourth-order valence-corrected chi connectivity index (χ4v) is 6.23. The number of nitrogens with zero attached hydrogens (tertiary/aromatic N) is 5. The van der Waals surface area contributed by atoms with Gasteiger partial charge in [-0.3, -0.25) is 23.9 Å². The van der Waals surface area contributed by atoms with Crippen molar-refractivity contribution in [3.63, 3.8) is 0 Å². The van der Waals surface area contributed by atoms with E-state index in [0.29, 0.717) is 65.6 Å². The number of carbonyl (C=O) groups excluding carboxylic acids is 1. The topological polar surface area (TPSA) is 155 Å². The van der Waals surface area contributed by atoms with E-state index in [1.165, 1.54) is 7.11 Å². The number of anilines is 1. The highest BCUT2D eigenvalue weighted by atomic mass is 35.5. The number of carbonyl (C=O) groups is 2. The Morgan fingerprint density at radius 3 is 2.69 bits per heavy atom. The number of amides is 1. The van der Waals surface area contributed by atoms with Gasteiger partial charge >= 0.3 is 5.97 Å². The predicted molar refractivity (Wildman–Crippen MR) is 180 cm³/mol. The minimum Gasteiger partial charge on any atom is -0.481 e. The van der Waals surface area contributed by atoms with Gasteiger partial charge in [0.15, 0.2) is 5.82 Å². The molecule has 1 atom stereocenters. The minimum atomic E-state index is -1.08. The first-order valence-electron chi connectivity index (χ1n) is 15.3. The van der Waals surface area contributed by atoms with Crippen LogP contribution in [0.3, 0.4) is 0 Å². The number of fused-ring (bicyclic) bond motifs is 1. The number of imidazole rings is 1. The average Bonchev–Trinajstić information content (AvgIpc) is 3.40. The number of ether oxygens (including phenoxy) is 1. The number of pyridine rings is 2. The third-order valence-corrected chi connectivity index (χ3v) is 8.84. The molecule has 3 aromatic heterocycles. The lowest BCUT2D eigenvalue weighted by Gasteiger charge is -2.26. The van der Waals surface area contributed by atoms with Crippen molar-refractivity contribution < 1.29 is 28.9 Å². The largest absolute Gasteiger partial charge is 0.481 e. The van der Waals surface area contributed by atoms with Crippen LogP contribution in [0.15, 0.2) is 42.6 Å². The molecule has 4 aromatic rings. The summed E-state index contributed by atoms with van der Waals surface area (Å²) in [5, 5.41) is 25.1. The number of aliphatic hydroxyl groups is 1. The van der Waals surface area contributed by atoms with Crippen molar-refractivity contribution in [2.75, 3.05) is 38.7 Å². The first-order valence-corrected chi connectivity index (χ1v) is 16.1. The van der Waals surface area contributed by atoms with Gasteiger partial charge in [-0.15, -0.1) is 0 Å². The Labute approximate surface area is 286 Å². The molecular formula is C33H36Cl2FN7O5. The molecule has 0 fully saturated rings. The lowest BCUT2D eigenvalue weighted by atomic mass is 10.1. The molecule has 4 N–H and O–H groups in total. The maximum Gasteiger partial charge on any atom is 0.306 e. The first-order chi connectivity index (χ1) is 23.1. The fraction of sp³-hybridized carbons (Fsp3) is 0.364. The summed E-state index contributed by atoms with van der Waals surface area (Å²) in [5.41, 5.74) is 4.81. The molecule has 1 amide bonds. The van der Waals surface area contributed by atoms with E-state index in [2.05, 4.69) is 30.5 Å². The maximum atomic E-state index is 13.4. The third-order valence-electron chi connectivity index (χ3n) is 8.05. The third kappa shape index (κ3) is 7.93. The number of carboxylic acids is 1. The number of nitrogens with one attached hydrogen (secondary N) is 2. The second-order valence-corrected chi connectivity index (χ2v) is 12.1. The van der Waals surface area contributed by atoms with Crippen LogP contribution in [0.2, 0.25) is 10.0 Å². The van der Waals surface area contributed by atoms with Gasteiger partial charge in [0, 0.05) is 74.8 Å². The zero-order chi connectivity index (χ0) is 34.4. The number of benzene rings is 1. The molecule has 1 unspecified atom stereocenters. The van der Waals surface area contributed by atoms with E-state index in [9.17, 15) is 19.1 Å². The molecule has 1 aliphatic rings. The van der Waals surface area contributed by atoms with Crippen LogP contribution >= 0.6 is 23.2 Å². The van der Waals surface area contributed by atoms with Crippen molar-refractivity contribution in [2.24, 2.45) is 7.05 Å². The number of carboxylic acid groups (broad SMARTS) is 1. The first kappa shape index (κ1) is 35.2. The van der Waals surface area contributed by atoms with Crippen LogP contribution in [0, 0.1) is 0 Å². The quantitative estimate of drug-likeness (QED) is 0.145. The predicted octanol–water partition coefficient (Wildman–Crippen LogP) is 4.75. The van der Waals surface area contributed by atoms with E-state index in [0.717, 1.165) is 17.9 Å². The molecule has 0 radical (unpaired) electrons. The normalized spacial score (nSPS) is 13.6. The molecule has 0 bridgehead atoms. The Kier molecular flexibility index (Phi) is 11.6. The Morgan fingerprint density at radius 2 is 1.94 bits per heavy atom. The highest BCUT2D eigenvalue weighted by molar-refractivity contribution is 6.39. The number of hydrogen-bond donors (Lipinski definition) is 4. The van der Waals surface area contributed by atoms with E-state index in [-0.39, 0.29) is 42.1 Å². The van der Waals surface area contributed by atoms with Crippen molar-refractivity contribution >= 4 is 40.8 Å². The number of methoxy groups -OCH3 is 1. The number of halogens is 3. The molecule has 5 rings (SSSR count). The lowest BCUT2D eigenvalue weighted by molar-refractivity contribution is -0.139. The van der Waals surface area contributed by atoms with Crippen LogP contribution in [0.5, 0.6) is 5.88 Å². The zero-order valence-electron chi connectivity index (χ0n) is 26.5. The van der Waals surface area contributed by atoms with Gasteiger partial charge in [-0.25, -0.2) is 9.97 Å². The number of rotatable bonds is 14. The number of hydrogen-bond acceptors (Lipinski definition) is 9. The Balaban J connectivity index is 1.34. The molecule has 12 nitrogen and oxygen atoms in total. The second kappa shape index (κ2) is 15.8. The van der Waals surface area contributed by atoms with Gasteiger partial charge in [-0.05, 0) is 24.6 Å². The van der Waals surface area contributed by atoms with Gasteiger partial charge in [-0.1, -0.05) is 41.4 Å². The fourth-order valence-electron chi connectivity index (χ4n) is 5.66. The summed E-state index contributed by atoms with van der Waals surface area (Å²) in [6.07, 6.45) is 1.37. The van der Waals surface area contributed by atoms with Crippen LogP contribution < -0.4 is 15.4 Å². The van der Waals surface area contributed by atoms with E-state index in [1.807, 2.05) is 7.05 Å². The molecule has 0 spiro atoms. The monoisotopic (exact) mass is 699 g/mol. The zero-order valence-corrected chi connectivity index (χ0v) is 28.0. The summed E-state index contributed by atoms with van der Waals surface area (Å²) < 4.78 is 20.0. The van der Waals surface area contributed by atoms with Gasteiger partial charge in [0.05, 0.1) is 59.1 Å². The van der Waals surface area contributed by atoms with Gasteiger partial charge in [-0.2, -0.15) is 0 Å². The number of alkyl halides is 1. The van der Waals surface area contributed by atoms with E-state index in [4.69, 9.17) is 33.0 Å². The van der Waals surface area contributed by atoms with Crippen molar-refractivity contribution in [2.45, 2.75) is 38.5 Å². The highest BCUT2D eigenvalue weighted by Gasteiger charge is 2.26. The van der Waals surface area contributed by atoms with E-state index < -0.39 is 18.0 Å². The molecule has 15 heteroatoms. The van der Waals surface area contributed by atoms with Crippen molar-refractivity contribution in [3.05, 3.63) is 75.4 Å². The SMILES string of the molecule is COc1nc(-c2ccnc(-c3cccc(NC(=O)c4nc5c(n4C)CCN(CCCF)C5)c3Cl)c2Cl)ccc1CNCC(O)CC(=O)O. The molecule has 0 saturated heterocycles. The van der Waals surface area contributed by atoms with Crippen LogP contribution in [0.25, 0.3) is 22.5 Å². The Morgan fingerprint density at radius 1 is 1.12 bits per heavy atom. The maximum absolute atomic E-state index is 13.4. The molecular weight excluding hydrogens is 664 g/mol. The highest BCUT2D eigenvalue weighted by Crippen LogP contribution is 2.40. The van der Waals surface area contributed by atoms with E-state index >= 15 is 0 Å². The van der Waals surface area contributed by atoms with Crippen LogP contribution in [-0.4, -0.2) is 86.0 Å². The van der Waals surface area contributed by atoms with Crippen LogP contribution in [0.1, 0.15) is 40.4 Å². The smallest absolute Gasteiger partial charge is 0.306 e. The number of aromatic nitrogens is 4. The standard InChI is InChI=1S/C33H36Cl2FN7O5/c1-42-26-10-14-43(13-4-11-36)18-25(26)39-31(42)32(47)40-24-6-3-5-22(28(24)34)30-29(35)21(9-12-38-30)23-8-7-19(33(41-23)48-2)16-37-17-20(44)15-27(45)46/h3,5-9,12,20,37,44H,4,10-11,13-18H2,1-2H3,(H,40,47)(H,45,46). The molecule has 0 aliphatic carbocycles. The Hall–Kier alpha value is -4.14. The van der Waals surface area contributed by atoms with Gasteiger partial charge in [0.2, 0.25) is 5.88 Å². The number of aliphatic carboxylic acids is 1. The van der Waals surface area contributed by atoms with Crippen molar-refractivity contribution in [1.29, 1.82) is 0 Å². The summed E-state index contributed by atoms with van der Waals surface area (Å²) in [7, 11) is 3.29. The molecule has 0 saturated carbocycles. The van der Waals surface area contributed by atoms with Gasteiger partial charge in [0.25, 0.3) is 5.91 Å². The van der Waals surface area contributed by atoms with Crippen LogP contribution in [0.4, 0.5) is 10.1 Å². The molecule has 48 heavy (non-hydrogen) atoms. The summed E-state index contributed by atoms with van der Waals surface area (Å²) in [4.78, 5) is 40.1. The lowest BCUT2D eigenvalue weighted by Crippen LogP contribution is -2.32. The molecule has 4 heterocycles. The van der Waals surface area contributed by atoms with E-state index in [1.54, 1.807) is 47.2 Å². The summed E-state index contributed by atoms with van der Waals surface area (Å²) in [5.74, 6) is -0.922. The Bertz CT molecular complexity index is 1800. The molecule has 1 aliphatic heterocycles. The summed E-state index contributed by atoms with van der Waals surface area (Å²) in [6, 6.07) is 10.5. The van der Waals surface area contributed by atoms with Crippen molar-refractivity contribution in [1.82, 2.24) is 29.7 Å². The number of aliphatic hydroxyl groups excluding tert-OH is 1. The minimum absolute atomic E-state index is 0.0855. The molecule has 1 aromatic carbocycles. The second-order valence-electron chi connectivity index (χ2n) is 11.3. The average molecular weight is 701 g/mol. The van der Waals surface area contributed by atoms with Gasteiger partial charge < -0.3 is 30.2 Å². The summed E-state index contributed by atoms with van der Waals surface area (Å²) >= 11 is 13.8. The van der Waals surface area contributed by atoms with Gasteiger partial charge in [0.1, 0.15) is 0 Å².